The summed E-state index contributed by atoms with van der Waals surface area (Å²) in [7, 11) is 0. The minimum absolute atomic E-state index is 0.00642. The van der Waals surface area contributed by atoms with Gasteiger partial charge in [0.05, 0.1) is 29.2 Å². The van der Waals surface area contributed by atoms with Crippen LogP contribution in [0.1, 0.15) is 73.1 Å². The van der Waals surface area contributed by atoms with Gasteiger partial charge in [0.25, 0.3) is 0 Å². The van der Waals surface area contributed by atoms with Crippen molar-refractivity contribution in [1.29, 1.82) is 0 Å². The van der Waals surface area contributed by atoms with Crippen LogP contribution in [0.4, 0.5) is 0 Å². The number of hydrogen-bond donors (Lipinski definition) is 1. The summed E-state index contributed by atoms with van der Waals surface area (Å²) in [6.07, 6.45) is 8.23. The summed E-state index contributed by atoms with van der Waals surface area (Å²) in [4.78, 5) is 48.4. The average Bonchev–Trinajstić information content (AvgIpc) is 3.44. The van der Waals surface area contributed by atoms with Crippen molar-refractivity contribution >= 4 is 29.5 Å². The standard InChI is InChI=1S/C30H49N3O4S/c1-8-12-18-32(17-11-4)28(37)25-30-14-13-29(7,38-30)23(26(35)31(15-9-2)16-10-3)24(30)27(36)33(25)22(20-34)19-21(5)6/h9,11,21-25,34H,2,4,8,10,12-20H2,1,3,5-7H3/t22-,23+,24+,25?,29-,30?/m1/s1. The maximum Gasteiger partial charge on any atom is 0.247 e. The van der Waals surface area contributed by atoms with Gasteiger partial charge in [0, 0.05) is 30.9 Å². The van der Waals surface area contributed by atoms with E-state index in [9.17, 15) is 19.5 Å². The molecule has 214 valence electrons. The predicted molar refractivity (Wildman–Crippen MR) is 155 cm³/mol. The van der Waals surface area contributed by atoms with E-state index in [0.717, 1.165) is 25.7 Å². The Hall–Kier alpha value is -1.80. The number of amides is 3. The lowest BCUT2D eigenvalue weighted by atomic mass is 9.66. The molecule has 3 aliphatic heterocycles. The molecule has 3 amide bonds. The molecule has 0 aromatic heterocycles. The number of thioether (sulfide) groups is 1. The molecule has 0 aromatic carbocycles. The van der Waals surface area contributed by atoms with E-state index >= 15 is 0 Å². The highest BCUT2D eigenvalue weighted by molar-refractivity contribution is 8.02. The topological polar surface area (TPSA) is 81.2 Å². The number of nitrogens with zero attached hydrogens (tertiary/aromatic N) is 3. The van der Waals surface area contributed by atoms with Crippen LogP contribution in [-0.2, 0) is 14.4 Å². The monoisotopic (exact) mass is 547 g/mol. The van der Waals surface area contributed by atoms with E-state index in [4.69, 9.17) is 0 Å². The SMILES string of the molecule is C=CCN(CCCC)C(=O)C1N([C@@H](CO)CC(C)C)C(=O)[C@@H]2[C@@H](C(=O)N(CC=C)CCC)[C@@]3(C)CCC12S3. The molecule has 8 heteroatoms. The Morgan fingerprint density at radius 2 is 1.74 bits per heavy atom. The Kier molecular flexibility index (Phi) is 10.2. The number of unbranched alkanes of at least 4 members (excludes halogenated alkanes) is 1. The van der Waals surface area contributed by atoms with Crippen molar-refractivity contribution in [3.05, 3.63) is 25.3 Å². The number of carbonyl (C=O) groups excluding carboxylic acids is 3. The lowest BCUT2D eigenvalue weighted by molar-refractivity contribution is -0.148. The Morgan fingerprint density at radius 1 is 1.11 bits per heavy atom. The fourth-order valence-electron chi connectivity index (χ4n) is 7.12. The van der Waals surface area contributed by atoms with Crippen LogP contribution in [0, 0.1) is 17.8 Å². The molecule has 2 unspecified atom stereocenters. The van der Waals surface area contributed by atoms with E-state index in [2.05, 4.69) is 40.9 Å². The van der Waals surface area contributed by atoms with Crippen molar-refractivity contribution in [3.63, 3.8) is 0 Å². The molecular formula is C30H49N3O4S. The molecule has 0 saturated carbocycles. The molecule has 3 heterocycles. The highest BCUT2D eigenvalue weighted by atomic mass is 32.2. The average molecular weight is 548 g/mol. The molecule has 0 aliphatic carbocycles. The number of carbonyl (C=O) groups is 3. The van der Waals surface area contributed by atoms with Crippen molar-refractivity contribution in [2.24, 2.45) is 17.8 Å². The van der Waals surface area contributed by atoms with Crippen molar-refractivity contribution in [2.45, 2.75) is 94.7 Å². The van der Waals surface area contributed by atoms with Gasteiger partial charge in [-0.1, -0.05) is 46.3 Å². The van der Waals surface area contributed by atoms with E-state index in [1.54, 1.807) is 28.8 Å². The van der Waals surface area contributed by atoms with Gasteiger partial charge < -0.3 is 19.8 Å². The number of hydrogen-bond acceptors (Lipinski definition) is 5. The van der Waals surface area contributed by atoms with Crippen LogP contribution in [0.15, 0.2) is 25.3 Å². The third-order valence-electron chi connectivity index (χ3n) is 8.66. The quantitative estimate of drug-likeness (QED) is 0.312. The summed E-state index contributed by atoms with van der Waals surface area (Å²) < 4.78 is -1.08. The summed E-state index contributed by atoms with van der Waals surface area (Å²) >= 11 is 1.70. The molecule has 3 aliphatic rings. The molecule has 0 aromatic rings. The van der Waals surface area contributed by atoms with Crippen molar-refractivity contribution in [3.8, 4) is 0 Å². The molecule has 7 nitrogen and oxygen atoms in total. The van der Waals surface area contributed by atoms with Crippen molar-refractivity contribution < 1.29 is 19.5 Å². The second kappa shape index (κ2) is 12.6. The lowest BCUT2D eigenvalue weighted by Gasteiger charge is -2.40. The first-order valence-corrected chi connectivity index (χ1v) is 15.3. The van der Waals surface area contributed by atoms with E-state index in [0.29, 0.717) is 39.0 Å². The number of fused-ring (bicyclic) bond motifs is 1. The van der Waals surface area contributed by atoms with Crippen LogP contribution in [0.5, 0.6) is 0 Å². The van der Waals surface area contributed by atoms with Crippen LogP contribution in [0.2, 0.25) is 0 Å². The molecule has 6 atom stereocenters. The van der Waals surface area contributed by atoms with Gasteiger partial charge in [-0.3, -0.25) is 14.4 Å². The number of aliphatic hydroxyl groups is 1. The van der Waals surface area contributed by atoms with E-state index in [1.807, 2.05) is 16.7 Å². The third-order valence-corrected chi connectivity index (χ3v) is 10.6. The van der Waals surface area contributed by atoms with Gasteiger partial charge in [-0.25, -0.2) is 0 Å². The summed E-state index contributed by atoms with van der Waals surface area (Å²) in [6, 6.07) is -1.16. The van der Waals surface area contributed by atoms with E-state index in [-0.39, 0.29) is 30.2 Å². The number of likely N-dealkylation sites (tertiary alicyclic amines) is 1. The van der Waals surface area contributed by atoms with Crippen LogP contribution < -0.4 is 0 Å². The minimum atomic E-state index is -0.698. The molecule has 3 fully saturated rings. The molecule has 3 rings (SSSR count). The first-order valence-electron chi connectivity index (χ1n) is 14.5. The van der Waals surface area contributed by atoms with E-state index < -0.39 is 33.4 Å². The molecule has 0 radical (unpaired) electrons. The zero-order valence-electron chi connectivity index (χ0n) is 24.2. The fraction of sp³-hybridized carbons (Fsp3) is 0.767. The molecule has 2 bridgehead atoms. The lowest BCUT2D eigenvalue weighted by Crippen LogP contribution is -2.57. The van der Waals surface area contributed by atoms with Gasteiger partial charge in [0.15, 0.2) is 0 Å². The fourth-order valence-corrected chi connectivity index (χ4v) is 9.45. The van der Waals surface area contributed by atoms with Crippen LogP contribution in [0.25, 0.3) is 0 Å². The third kappa shape index (κ3) is 5.32. The summed E-state index contributed by atoms with van der Waals surface area (Å²) in [5.74, 6) is -1.05. The zero-order chi connectivity index (χ0) is 28.3. The van der Waals surface area contributed by atoms with Crippen LogP contribution in [0.3, 0.4) is 0 Å². The van der Waals surface area contributed by atoms with Gasteiger partial charge in [0.1, 0.15) is 6.04 Å². The highest BCUT2D eigenvalue weighted by Crippen LogP contribution is 2.72. The summed E-state index contributed by atoms with van der Waals surface area (Å²) in [6.45, 7) is 20.0. The highest BCUT2D eigenvalue weighted by Gasteiger charge is 2.78. The molecule has 3 saturated heterocycles. The summed E-state index contributed by atoms with van der Waals surface area (Å²) in [5.41, 5.74) is 0. The van der Waals surface area contributed by atoms with Gasteiger partial charge in [-0.2, -0.15) is 0 Å². The first kappa shape index (κ1) is 30.7. The van der Waals surface area contributed by atoms with Crippen molar-refractivity contribution in [2.75, 3.05) is 32.8 Å². The van der Waals surface area contributed by atoms with Gasteiger partial charge in [-0.15, -0.1) is 24.9 Å². The summed E-state index contributed by atoms with van der Waals surface area (Å²) in [5, 5.41) is 10.5. The molecule has 38 heavy (non-hydrogen) atoms. The second-order valence-corrected chi connectivity index (χ2v) is 13.8. The van der Waals surface area contributed by atoms with Gasteiger partial charge >= 0.3 is 0 Å². The molecular weight excluding hydrogens is 498 g/mol. The number of aliphatic hydroxyl groups excluding tert-OH is 1. The molecule has 1 spiro atoms. The smallest absolute Gasteiger partial charge is 0.247 e. The van der Waals surface area contributed by atoms with Crippen molar-refractivity contribution in [1.82, 2.24) is 14.7 Å². The minimum Gasteiger partial charge on any atom is -0.394 e. The maximum atomic E-state index is 14.5. The van der Waals surface area contributed by atoms with Gasteiger partial charge in [-0.05, 0) is 44.9 Å². The first-order chi connectivity index (χ1) is 18.1. The Bertz CT molecular complexity index is 910. The molecule has 1 N–H and O–H groups in total. The second-order valence-electron chi connectivity index (χ2n) is 11.9. The van der Waals surface area contributed by atoms with Crippen LogP contribution in [-0.4, -0.2) is 91.9 Å². The predicted octanol–water partition coefficient (Wildman–Crippen LogP) is 4.11. The number of rotatable bonds is 15. The largest absolute Gasteiger partial charge is 0.394 e. The Labute approximate surface area is 234 Å². The Morgan fingerprint density at radius 3 is 2.26 bits per heavy atom. The maximum absolute atomic E-state index is 14.5. The van der Waals surface area contributed by atoms with E-state index in [1.165, 1.54) is 0 Å². The Balaban J connectivity index is 2.13. The zero-order valence-corrected chi connectivity index (χ0v) is 25.0. The normalized spacial score (nSPS) is 30.4. The van der Waals surface area contributed by atoms with Crippen LogP contribution >= 0.6 is 11.8 Å². The van der Waals surface area contributed by atoms with Gasteiger partial charge in [0.2, 0.25) is 17.7 Å².